The topological polar surface area (TPSA) is 83.4 Å². The fraction of sp³-hybridized carbons (Fsp3) is 0. The van der Waals surface area contributed by atoms with E-state index in [0.717, 1.165) is 33.2 Å². The Morgan fingerprint density at radius 3 is 2.52 bits per heavy atom. The average Bonchev–Trinajstić information content (AvgIpc) is 3.04. The molecule has 0 unspecified atom stereocenters. The van der Waals surface area contributed by atoms with Crippen LogP contribution in [0.2, 0.25) is 0 Å². The van der Waals surface area contributed by atoms with Gasteiger partial charge in [-0.15, -0.1) is 10.2 Å². The molecule has 1 N–H and O–H groups in total. The third kappa shape index (κ3) is 2.55. The molecule has 0 atom stereocenters. The molecule has 0 saturated carbocycles. The minimum atomic E-state index is -0.484. The van der Waals surface area contributed by atoms with Gasteiger partial charge in [-0.05, 0) is 24.3 Å². The van der Waals surface area contributed by atoms with Crippen molar-refractivity contribution < 1.29 is 4.79 Å². The Morgan fingerprint density at radius 2 is 1.67 bits per heavy atom. The summed E-state index contributed by atoms with van der Waals surface area (Å²) in [5, 5.41) is 10.0. The molecule has 2 aliphatic rings. The number of aromatic amines is 1. The number of carbonyl (C=O) groups is 1. The molecule has 27 heavy (non-hydrogen) atoms. The third-order valence-electron chi connectivity index (χ3n) is 4.43. The number of pyridine rings is 1. The molecule has 0 saturated heterocycles. The maximum absolute atomic E-state index is 12.3. The number of carbonyl (C=O) groups excluding carboxylic acids is 1. The van der Waals surface area contributed by atoms with Crippen LogP contribution in [0.25, 0.3) is 33.2 Å². The number of nitrogens with zero attached hydrogens (tertiary/aromatic N) is 4. The lowest BCUT2D eigenvalue weighted by Gasteiger charge is -2.04. The summed E-state index contributed by atoms with van der Waals surface area (Å²) in [5.74, 6) is -0.484. The first kappa shape index (κ1) is 15.3. The van der Waals surface area contributed by atoms with E-state index in [1.54, 1.807) is 24.4 Å². The lowest BCUT2D eigenvalue weighted by molar-refractivity contribution is 0.0990. The summed E-state index contributed by atoms with van der Waals surface area (Å²) in [6.45, 7) is 0. The molecule has 1 amide bonds. The van der Waals surface area contributed by atoms with Crippen molar-refractivity contribution in [2.24, 2.45) is 10.2 Å². The van der Waals surface area contributed by atoms with Gasteiger partial charge in [-0.1, -0.05) is 42.5 Å². The summed E-state index contributed by atoms with van der Waals surface area (Å²) in [4.78, 5) is 24.5. The molecule has 5 rings (SSSR count). The number of H-pyrrole nitrogens is 1. The number of para-hydroxylation sites is 2. The standard InChI is InChI=1S/C21H13N5O/c27-21(17-11-5-6-12-22-17)26-25-19-14-8-2-1-7-13(14)18-20(19)24-16-10-4-3-9-15(16)23-18/h1-12,24H. The Bertz CT molecular complexity index is 1290. The Hall–Kier alpha value is -3.93. The zero-order valence-electron chi connectivity index (χ0n) is 14.1. The van der Waals surface area contributed by atoms with E-state index < -0.39 is 5.91 Å². The van der Waals surface area contributed by atoms with E-state index in [4.69, 9.17) is 4.98 Å². The van der Waals surface area contributed by atoms with Crippen LogP contribution in [0.15, 0.2) is 83.2 Å². The van der Waals surface area contributed by atoms with Gasteiger partial charge in [0.25, 0.3) is 0 Å². The second-order valence-corrected chi connectivity index (χ2v) is 6.09. The molecule has 3 aromatic rings. The van der Waals surface area contributed by atoms with Crippen molar-refractivity contribution in [2.75, 3.05) is 0 Å². The van der Waals surface area contributed by atoms with Crippen molar-refractivity contribution in [3.8, 4) is 11.4 Å². The number of amides is 1. The van der Waals surface area contributed by atoms with E-state index in [9.17, 15) is 4.79 Å². The van der Waals surface area contributed by atoms with Gasteiger partial charge in [-0.25, -0.2) is 4.98 Å². The fourth-order valence-electron chi connectivity index (χ4n) is 3.18. The summed E-state index contributed by atoms with van der Waals surface area (Å²) in [7, 11) is 0. The lowest BCUT2D eigenvalue weighted by atomic mass is 10.2. The number of fused-ring (bicyclic) bond motifs is 4. The van der Waals surface area contributed by atoms with E-state index in [2.05, 4.69) is 20.2 Å². The lowest BCUT2D eigenvalue weighted by Crippen LogP contribution is -1.96. The first-order chi connectivity index (χ1) is 13.3. The summed E-state index contributed by atoms with van der Waals surface area (Å²) in [5.41, 5.74) is 4.19. The normalized spacial score (nSPS) is 11.7. The van der Waals surface area contributed by atoms with Crippen LogP contribution in [0.3, 0.4) is 0 Å². The molecule has 6 heteroatoms. The molecule has 0 radical (unpaired) electrons. The highest BCUT2D eigenvalue weighted by Crippen LogP contribution is 2.43. The van der Waals surface area contributed by atoms with Crippen molar-refractivity contribution in [1.29, 1.82) is 0 Å². The predicted molar refractivity (Wildman–Crippen MR) is 103 cm³/mol. The average molecular weight is 351 g/mol. The van der Waals surface area contributed by atoms with Crippen LogP contribution in [0.1, 0.15) is 10.5 Å². The van der Waals surface area contributed by atoms with E-state index in [1.165, 1.54) is 0 Å². The molecule has 2 heterocycles. The van der Waals surface area contributed by atoms with E-state index in [-0.39, 0.29) is 5.69 Å². The van der Waals surface area contributed by atoms with Crippen molar-refractivity contribution in [3.63, 3.8) is 0 Å². The molecule has 1 aliphatic carbocycles. The first-order valence-corrected chi connectivity index (χ1v) is 8.47. The number of hydrogen-bond donors (Lipinski definition) is 1. The van der Waals surface area contributed by atoms with E-state index in [1.807, 2.05) is 48.5 Å². The van der Waals surface area contributed by atoms with Gasteiger partial charge in [0.15, 0.2) is 0 Å². The zero-order valence-corrected chi connectivity index (χ0v) is 14.1. The monoisotopic (exact) mass is 351 g/mol. The number of nitrogens with one attached hydrogen (secondary N) is 1. The van der Waals surface area contributed by atoms with Crippen LogP contribution in [0.4, 0.5) is 5.69 Å². The number of rotatable bonds is 2. The van der Waals surface area contributed by atoms with Crippen LogP contribution in [0.5, 0.6) is 0 Å². The van der Waals surface area contributed by atoms with Crippen LogP contribution < -0.4 is 0 Å². The molecule has 6 nitrogen and oxygen atoms in total. The minimum Gasteiger partial charge on any atom is -0.350 e. The predicted octanol–water partition coefficient (Wildman–Crippen LogP) is 5.14. The van der Waals surface area contributed by atoms with Gasteiger partial charge in [-0.2, -0.15) is 0 Å². The Balaban J connectivity index is 1.71. The second-order valence-electron chi connectivity index (χ2n) is 6.09. The quantitative estimate of drug-likeness (QED) is 0.447. The van der Waals surface area contributed by atoms with Gasteiger partial charge in [0.05, 0.1) is 22.4 Å². The maximum atomic E-state index is 12.3. The van der Waals surface area contributed by atoms with Crippen LogP contribution in [0, 0.1) is 0 Å². The molecule has 128 valence electrons. The van der Waals surface area contributed by atoms with Crippen LogP contribution in [-0.2, 0) is 0 Å². The third-order valence-corrected chi connectivity index (χ3v) is 4.43. The summed E-state index contributed by atoms with van der Waals surface area (Å²) in [6, 6.07) is 20.8. The van der Waals surface area contributed by atoms with Gasteiger partial charge in [0.2, 0.25) is 0 Å². The molecule has 1 aliphatic heterocycles. The fourth-order valence-corrected chi connectivity index (χ4v) is 3.18. The number of hydrogen-bond acceptors (Lipinski definition) is 4. The minimum absolute atomic E-state index is 0.258. The molecule has 1 aromatic heterocycles. The van der Waals surface area contributed by atoms with Crippen molar-refractivity contribution in [3.05, 3.63) is 78.6 Å². The molecule has 2 aromatic carbocycles. The summed E-state index contributed by atoms with van der Waals surface area (Å²) < 4.78 is 0. The van der Waals surface area contributed by atoms with E-state index >= 15 is 0 Å². The number of benzene rings is 2. The maximum Gasteiger partial charge on any atom is 0.313 e. The van der Waals surface area contributed by atoms with Gasteiger partial charge in [0, 0.05) is 17.0 Å². The Kier molecular flexibility index (Phi) is 3.47. The van der Waals surface area contributed by atoms with Crippen molar-refractivity contribution >= 4 is 33.4 Å². The van der Waals surface area contributed by atoms with E-state index in [0.29, 0.717) is 5.69 Å². The molecule has 0 bridgehead atoms. The molecular formula is C21H13N5O. The first-order valence-electron chi connectivity index (χ1n) is 8.47. The van der Waals surface area contributed by atoms with Crippen LogP contribution in [-0.4, -0.2) is 20.9 Å². The van der Waals surface area contributed by atoms with Gasteiger partial charge >= 0.3 is 5.91 Å². The second kappa shape index (κ2) is 6.10. The Labute approximate surface area is 154 Å². The largest absolute Gasteiger partial charge is 0.350 e. The smallest absolute Gasteiger partial charge is 0.313 e. The summed E-state index contributed by atoms with van der Waals surface area (Å²) in [6.07, 6.45) is 1.56. The van der Waals surface area contributed by atoms with Crippen molar-refractivity contribution in [2.45, 2.75) is 0 Å². The van der Waals surface area contributed by atoms with Crippen molar-refractivity contribution in [1.82, 2.24) is 15.0 Å². The van der Waals surface area contributed by atoms with Crippen LogP contribution >= 0.6 is 0 Å². The van der Waals surface area contributed by atoms with Gasteiger partial charge in [-0.3, -0.25) is 9.78 Å². The summed E-state index contributed by atoms with van der Waals surface area (Å²) >= 11 is 0. The number of azo groups is 1. The Morgan fingerprint density at radius 1 is 0.889 bits per heavy atom. The highest BCUT2D eigenvalue weighted by molar-refractivity contribution is 6.11. The molecule has 0 spiro atoms. The molecule has 0 fully saturated rings. The zero-order chi connectivity index (χ0) is 18.2. The van der Waals surface area contributed by atoms with Gasteiger partial charge in [0.1, 0.15) is 11.4 Å². The SMILES string of the molecule is O=C(N=Nc1c2[nH]c3ccccc3nc-2c2ccccc12)c1ccccn1. The number of aromatic nitrogens is 3. The molecular weight excluding hydrogens is 338 g/mol. The van der Waals surface area contributed by atoms with Gasteiger partial charge < -0.3 is 4.98 Å². The highest BCUT2D eigenvalue weighted by atomic mass is 16.1. The highest BCUT2D eigenvalue weighted by Gasteiger charge is 2.20.